The number of amides is 1. The van der Waals surface area contributed by atoms with Crippen molar-refractivity contribution in [2.75, 3.05) is 6.54 Å². The Hall–Kier alpha value is -1.36. The molecule has 2 N–H and O–H groups in total. The third kappa shape index (κ3) is 3.84. The van der Waals surface area contributed by atoms with E-state index >= 15 is 0 Å². The Bertz CT molecular complexity index is 407. The lowest BCUT2D eigenvalue weighted by Crippen LogP contribution is -2.42. The van der Waals surface area contributed by atoms with E-state index in [0.717, 1.165) is 12.8 Å². The van der Waals surface area contributed by atoms with Crippen LogP contribution in [-0.2, 0) is 14.3 Å². The SMILES string of the molecule is CCCCCCCCNC(=O)[C@H]1[C@@H](C(=O)O)[C@H]2C=C[C@@H]1O2. The number of ether oxygens (including phenoxy) is 1. The van der Waals surface area contributed by atoms with E-state index in [0.29, 0.717) is 6.54 Å². The standard InChI is InChI=1S/C16H25NO4/c1-2-3-4-5-6-7-10-17-15(18)13-11-8-9-12(21-11)14(13)16(19)20/h8-9,11-14H,2-7,10H2,1H3,(H,17,18)(H,19,20)/t11-,12+,13+,14-/m0/s1. The molecule has 2 rings (SSSR count). The minimum absolute atomic E-state index is 0.187. The van der Waals surface area contributed by atoms with Crippen molar-refractivity contribution in [2.45, 2.75) is 57.7 Å². The van der Waals surface area contributed by atoms with Crippen LogP contribution in [-0.4, -0.2) is 35.7 Å². The quantitative estimate of drug-likeness (QED) is 0.504. The highest BCUT2D eigenvalue weighted by Gasteiger charge is 2.52. The first kappa shape index (κ1) is 16.0. The molecule has 4 atom stereocenters. The molecule has 0 aromatic carbocycles. The summed E-state index contributed by atoms with van der Waals surface area (Å²) in [5.41, 5.74) is 0. The second-order valence-corrected chi connectivity index (χ2v) is 5.90. The Kier molecular flexibility index (Phi) is 5.79. The largest absolute Gasteiger partial charge is 0.481 e. The van der Waals surface area contributed by atoms with Crippen LogP contribution >= 0.6 is 0 Å². The van der Waals surface area contributed by atoms with Gasteiger partial charge in [-0.1, -0.05) is 51.2 Å². The van der Waals surface area contributed by atoms with Crippen molar-refractivity contribution >= 4 is 11.9 Å². The summed E-state index contributed by atoms with van der Waals surface area (Å²) in [4.78, 5) is 23.5. The van der Waals surface area contributed by atoms with Crippen molar-refractivity contribution in [3.8, 4) is 0 Å². The molecule has 2 heterocycles. The zero-order valence-corrected chi connectivity index (χ0v) is 12.6. The number of hydrogen-bond acceptors (Lipinski definition) is 3. The van der Waals surface area contributed by atoms with Crippen molar-refractivity contribution < 1.29 is 19.4 Å². The smallest absolute Gasteiger partial charge is 0.310 e. The third-order valence-corrected chi connectivity index (χ3v) is 4.32. The summed E-state index contributed by atoms with van der Waals surface area (Å²) in [5.74, 6) is -2.47. The third-order valence-electron chi connectivity index (χ3n) is 4.32. The van der Waals surface area contributed by atoms with Gasteiger partial charge >= 0.3 is 5.97 Å². The van der Waals surface area contributed by atoms with Crippen LogP contribution in [0.15, 0.2) is 12.2 Å². The van der Waals surface area contributed by atoms with E-state index in [1.807, 2.05) is 0 Å². The maximum atomic E-state index is 12.2. The maximum Gasteiger partial charge on any atom is 0.310 e. The van der Waals surface area contributed by atoms with E-state index in [4.69, 9.17) is 4.74 Å². The van der Waals surface area contributed by atoms with Gasteiger partial charge in [0.25, 0.3) is 0 Å². The first-order valence-corrected chi connectivity index (χ1v) is 7.99. The summed E-state index contributed by atoms with van der Waals surface area (Å²) in [6.45, 7) is 2.81. The van der Waals surface area contributed by atoms with Crippen molar-refractivity contribution in [3.05, 3.63) is 12.2 Å². The summed E-state index contributed by atoms with van der Waals surface area (Å²) < 4.78 is 5.50. The Morgan fingerprint density at radius 1 is 1.05 bits per heavy atom. The summed E-state index contributed by atoms with van der Waals surface area (Å²) in [6, 6.07) is 0. The van der Waals surface area contributed by atoms with E-state index in [9.17, 15) is 14.7 Å². The van der Waals surface area contributed by atoms with E-state index in [1.165, 1.54) is 25.7 Å². The zero-order chi connectivity index (χ0) is 15.2. The highest BCUT2D eigenvalue weighted by atomic mass is 16.5. The number of unbranched alkanes of at least 4 members (excludes halogenated alkanes) is 5. The Morgan fingerprint density at radius 2 is 1.67 bits per heavy atom. The molecule has 0 unspecified atom stereocenters. The van der Waals surface area contributed by atoms with Gasteiger partial charge in [-0.05, 0) is 6.42 Å². The summed E-state index contributed by atoms with van der Waals surface area (Å²) in [6.07, 6.45) is 9.73. The first-order chi connectivity index (χ1) is 10.1. The van der Waals surface area contributed by atoms with Crippen molar-refractivity contribution in [2.24, 2.45) is 11.8 Å². The summed E-state index contributed by atoms with van der Waals surface area (Å²) in [7, 11) is 0. The zero-order valence-electron chi connectivity index (χ0n) is 12.6. The van der Waals surface area contributed by atoms with E-state index in [-0.39, 0.29) is 12.0 Å². The van der Waals surface area contributed by atoms with Gasteiger partial charge in [-0.2, -0.15) is 0 Å². The fourth-order valence-corrected chi connectivity index (χ4v) is 3.15. The number of nitrogens with one attached hydrogen (secondary N) is 1. The number of aliphatic carboxylic acids is 1. The number of carbonyl (C=O) groups is 2. The average Bonchev–Trinajstić information content (AvgIpc) is 3.06. The van der Waals surface area contributed by atoms with Gasteiger partial charge in [0.1, 0.15) is 5.92 Å². The van der Waals surface area contributed by atoms with Crippen LogP contribution in [0.4, 0.5) is 0 Å². The molecule has 0 saturated carbocycles. The lowest BCUT2D eigenvalue weighted by molar-refractivity contribution is -0.146. The molecule has 2 aliphatic heterocycles. The maximum absolute atomic E-state index is 12.2. The minimum atomic E-state index is -0.952. The monoisotopic (exact) mass is 295 g/mol. The lowest BCUT2D eigenvalue weighted by atomic mass is 9.82. The predicted molar refractivity (Wildman–Crippen MR) is 78.8 cm³/mol. The number of rotatable bonds is 9. The van der Waals surface area contributed by atoms with Crippen LogP contribution in [0.3, 0.4) is 0 Å². The van der Waals surface area contributed by atoms with Crippen LogP contribution in [0.25, 0.3) is 0 Å². The molecule has 0 aliphatic carbocycles. The molecule has 2 bridgehead atoms. The van der Waals surface area contributed by atoms with Crippen LogP contribution in [0.5, 0.6) is 0 Å². The molecular formula is C16H25NO4. The Balaban J connectivity index is 1.71. The summed E-state index contributed by atoms with van der Waals surface area (Å²) in [5, 5.41) is 12.1. The number of hydrogen-bond donors (Lipinski definition) is 2. The molecular weight excluding hydrogens is 270 g/mol. The van der Waals surface area contributed by atoms with Crippen LogP contribution in [0.1, 0.15) is 45.4 Å². The van der Waals surface area contributed by atoms with Gasteiger partial charge in [0, 0.05) is 6.54 Å². The first-order valence-electron chi connectivity index (χ1n) is 7.99. The molecule has 2 aliphatic rings. The molecule has 0 radical (unpaired) electrons. The van der Waals surface area contributed by atoms with Crippen molar-refractivity contribution in [3.63, 3.8) is 0 Å². The molecule has 1 amide bonds. The molecule has 0 aromatic rings. The van der Waals surface area contributed by atoms with Gasteiger partial charge in [0.2, 0.25) is 5.91 Å². The van der Waals surface area contributed by atoms with E-state index in [1.54, 1.807) is 12.2 Å². The minimum Gasteiger partial charge on any atom is -0.481 e. The molecule has 0 spiro atoms. The normalized spacial score (nSPS) is 29.8. The van der Waals surface area contributed by atoms with Gasteiger partial charge < -0.3 is 15.2 Å². The van der Waals surface area contributed by atoms with Gasteiger partial charge in [0.15, 0.2) is 0 Å². The number of fused-ring (bicyclic) bond motifs is 2. The molecule has 118 valence electrons. The lowest BCUT2D eigenvalue weighted by Gasteiger charge is -2.20. The van der Waals surface area contributed by atoms with Gasteiger partial charge in [0.05, 0.1) is 18.1 Å². The van der Waals surface area contributed by atoms with Crippen molar-refractivity contribution in [1.29, 1.82) is 0 Å². The van der Waals surface area contributed by atoms with Crippen LogP contribution in [0.2, 0.25) is 0 Å². The molecule has 1 fully saturated rings. The summed E-state index contributed by atoms with van der Waals surface area (Å²) >= 11 is 0. The van der Waals surface area contributed by atoms with E-state index < -0.39 is 23.9 Å². The Morgan fingerprint density at radius 3 is 2.33 bits per heavy atom. The molecule has 5 heteroatoms. The fourth-order valence-electron chi connectivity index (χ4n) is 3.15. The van der Waals surface area contributed by atoms with Gasteiger partial charge in [-0.25, -0.2) is 0 Å². The fraction of sp³-hybridized carbons (Fsp3) is 0.750. The Labute approximate surface area is 125 Å². The molecule has 21 heavy (non-hydrogen) atoms. The van der Waals surface area contributed by atoms with E-state index in [2.05, 4.69) is 12.2 Å². The highest BCUT2D eigenvalue weighted by molar-refractivity contribution is 5.87. The second kappa shape index (κ2) is 7.59. The van der Waals surface area contributed by atoms with Crippen LogP contribution in [0, 0.1) is 11.8 Å². The molecule has 0 aromatic heterocycles. The number of carboxylic acid groups (broad SMARTS) is 1. The molecule has 5 nitrogen and oxygen atoms in total. The molecule has 1 saturated heterocycles. The second-order valence-electron chi connectivity index (χ2n) is 5.90. The van der Waals surface area contributed by atoms with Gasteiger partial charge in [-0.15, -0.1) is 0 Å². The highest BCUT2D eigenvalue weighted by Crippen LogP contribution is 2.39. The van der Waals surface area contributed by atoms with Crippen LogP contribution < -0.4 is 5.32 Å². The number of carbonyl (C=O) groups excluding carboxylic acids is 1. The van der Waals surface area contributed by atoms with Crippen molar-refractivity contribution in [1.82, 2.24) is 5.32 Å². The number of carboxylic acids is 1. The average molecular weight is 295 g/mol. The predicted octanol–water partition coefficient (Wildman–Crippen LogP) is 2.12. The topological polar surface area (TPSA) is 75.6 Å². The van der Waals surface area contributed by atoms with Gasteiger partial charge in [-0.3, -0.25) is 9.59 Å².